The molecular formula is C16H24N2. The van der Waals surface area contributed by atoms with E-state index >= 15 is 0 Å². The molecule has 0 aromatic heterocycles. The van der Waals surface area contributed by atoms with Crippen LogP contribution in [0.15, 0.2) is 18.2 Å². The van der Waals surface area contributed by atoms with Crippen LogP contribution in [0.1, 0.15) is 42.0 Å². The quantitative estimate of drug-likeness (QED) is 0.866. The fourth-order valence-corrected chi connectivity index (χ4v) is 3.81. The highest BCUT2D eigenvalue weighted by Gasteiger charge is 2.30. The van der Waals surface area contributed by atoms with Gasteiger partial charge in [-0.3, -0.25) is 4.90 Å². The van der Waals surface area contributed by atoms with Gasteiger partial charge < -0.3 is 5.73 Å². The van der Waals surface area contributed by atoms with Crippen LogP contribution in [0.3, 0.4) is 0 Å². The highest BCUT2D eigenvalue weighted by molar-refractivity contribution is 5.37. The van der Waals surface area contributed by atoms with E-state index in [4.69, 9.17) is 5.73 Å². The van der Waals surface area contributed by atoms with E-state index in [9.17, 15) is 0 Å². The van der Waals surface area contributed by atoms with Gasteiger partial charge in [0.05, 0.1) is 0 Å². The molecule has 0 saturated carbocycles. The van der Waals surface area contributed by atoms with Gasteiger partial charge >= 0.3 is 0 Å². The largest absolute Gasteiger partial charge is 0.330 e. The first-order valence-electron chi connectivity index (χ1n) is 7.31. The van der Waals surface area contributed by atoms with Gasteiger partial charge in [0, 0.05) is 6.04 Å². The van der Waals surface area contributed by atoms with Gasteiger partial charge in [-0.25, -0.2) is 0 Å². The molecule has 18 heavy (non-hydrogen) atoms. The van der Waals surface area contributed by atoms with Gasteiger partial charge in [-0.05, 0) is 74.8 Å². The maximum absolute atomic E-state index is 5.98. The van der Waals surface area contributed by atoms with Crippen molar-refractivity contribution < 1.29 is 0 Å². The average molecular weight is 244 g/mol. The van der Waals surface area contributed by atoms with Gasteiger partial charge in [-0.15, -0.1) is 0 Å². The van der Waals surface area contributed by atoms with E-state index in [1.165, 1.54) is 44.2 Å². The van der Waals surface area contributed by atoms with Gasteiger partial charge in [-0.2, -0.15) is 0 Å². The number of aryl methyl sites for hydroxylation is 2. The van der Waals surface area contributed by atoms with Crippen molar-refractivity contribution in [3.05, 3.63) is 34.9 Å². The number of nitrogens with two attached hydrogens (primary N) is 1. The van der Waals surface area contributed by atoms with Crippen LogP contribution < -0.4 is 5.73 Å². The Hall–Kier alpha value is -0.860. The van der Waals surface area contributed by atoms with E-state index in [-0.39, 0.29) is 0 Å². The average Bonchev–Trinajstić information content (AvgIpc) is 2.85. The Kier molecular flexibility index (Phi) is 3.40. The second-order valence-corrected chi connectivity index (χ2v) is 5.95. The second kappa shape index (κ2) is 5.02. The normalized spacial score (nSPS) is 28.3. The smallest absolute Gasteiger partial charge is 0.0385 e. The minimum atomic E-state index is 0.537. The van der Waals surface area contributed by atoms with E-state index in [0.29, 0.717) is 12.0 Å². The molecule has 0 amide bonds. The number of likely N-dealkylation sites (tertiary alicyclic amines) is 1. The van der Waals surface area contributed by atoms with Crippen molar-refractivity contribution in [2.75, 3.05) is 20.1 Å². The van der Waals surface area contributed by atoms with Gasteiger partial charge in [-0.1, -0.05) is 18.2 Å². The lowest BCUT2D eigenvalue weighted by atomic mass is 9.84. The second-order valence-electron chi connectivity index (χ2n) is 5.95. The Morgan fingerprint density at radius 3 is 2.89 bits per heavy atom. The topological polar surface area (TPSA) is 29.3 Å². The van der Waals surface area contributed by atoms with E-state index < -0.39 is 0 Å². The molecule has 0 unspecified atom stereocenters. The van der Waals surface area contributed by atoms with Gasteiger partial charge in [0.15, 0.2) is 0 Å². The van der Waals surface area contributed by atoms with Crippen molar-refractivity contribution in [2.45, 2.75) is 38.1 Å². The molecule has 2 atom stereocenters. The van der Waals surface area contributed by atoms with Crippen molar-refractivity contribution in [1.29, 1.82) is 0 Å². The Balaban J connectivity index is 1.91. The molecule has 2 nitrogen and oxygen atoms in total. The van der Waals surface area contributed by atoms with E-state index in [1.54, 1.807) is 11.1 Å². The molecule has 0 bridgehead atoms. The summed E-state index contributed by atoms with van der Waals surface area (Å²) in [4.78, 5) is 2.50. The zero-order chi connectivity index (χ0) is 12.5. The summed E-state index contributed by atoms with van der Waals surface area (Å²) >= 11 is 0. The molecule has 98 valence electrons. The van der Waals surface area contributed by atoms with E-state index in [2.05, 4.69) is 30.1 Å². The summed E-state index contributed by atoms with van der Waals surface area (Å²) < 4.78 is 0. The Labute approximate surface area is 110 Å². The van der Waals surface area contributed by atoms with Crippen LogP contribution in [0.5, 0.6) is 0 Å². The molecule has 1 aliphatic heterocycles. The first kappa shape index (κ1) is 12.2. The summed E-state index contributed by atoms with van der Waals surface area (Å²) in [6, 6.07) is 7.69. The molecule has 0 spiro atoms. The molecule has 1 heterocycles. The zero-order valence-electron chi connectivity index (χ0n) is 11.4. The van der Waals surface area contributed by atoms with Gasteiger partial charge in [0.25, 0.3) is 0 Å². The standard InChI is InChI=1S/C16H24N2/c1-18-9-3-6-15(11-17)16(18)14-8-7-12-4-2-5-13(12)10-14/h7-8,10,15-16H,2-6,9,11,17H2,1H3/t15-,16-/m1/s1. The molecule has 2 aliphatic rings. The number of hydrogen-bond acceptors (Lipinski definition) is 2. The number of benzene rings is 1. The number of piperidine rings is 1. The van der Waals surface area contributed by atoms with Crippen LogP contribution in [0.2, 0.25) is 0 Å². The Bertz CT molecular complexity index is 427. The van der Waals surface area contributed by atoms with E-state index in [1.807, 2.05) is 0 Å². The van der Waals surface area contributed by atoms with Crippen LogP contribution in [-0.2, 0) is 12.8 Å². The Morgan fingerprint density at radius 2 is 2.06 bits per heavy atom. The molecule has 3 rings (SSSR count). The first-order chi connectivity index (χ1) is 8.79. The minimum Gasteiger partial charge on any atom is -0.330 e. The van der Waals surface area contributed by atoms with Crippen molar-refractivity contribution in [1.82, 2.24) is 4.90 Å². The molecular weight excluding hydrogens is 220 g/mol. The third kappa shape index (κ3) is 2.08. The SMILES string of the molecule is CN1CCC[C@H](CN)[C@H]1c1ccc2c(c1)CCC2. The van der Waals surface area contributed by atoms with Crippen molar-refractivity contribution in [2.24, 2.45) is 11.7 Å². The molecule has 1 aromatic carbocycles. The zero-order valence-corrected chi connectivity index (χ0v) is 11.4. The summed E-state index contributed by atoms with van der Waals surface area (Å²) in [5.74, 6) is 0.628. The lowest BCUT2D eigenvalue weighted by Gasteiger charge is -2.39. The fourth-order valence-electron chi connectivity index (χ4n) is 3.81. The highest BCUT2D eigenvalue weighted by atomic mass is 15.1. The summed E-state index contributed by atoms with van der Waals surface area (Å²) in [5.41, 5.74) is 10.6. The van der Waals surface area contributed by atoms with Crippen LogP contribution in [-0.4, -0.2) is 25.0 Å². The summed E-state index contributed by atoms with van der Waals surface area (Å²) in [6.45, 7) is 2.02. The number of rotatable bonds is 2. The van der Waals surface area contributed by atoms with Crippen LogP contribution in [0, 0.1) is 5.92 Å². The fraction of sp³-hybridized carbons (Fsp3) is 0.625. The van der Waals surface area contributed by atoms with Crippen LogP contribution in [0.25, 0.3) is 0 Å². The van der Waals surface area contributed by atoms with E-state index in [0.717, 1.165) is 6.54 Å². The highest BCUT2D eigenvalue weighted by Crippen LogP contribution is 2.36. The molecule has 1 aromatic rings. The summed E-state index contributed by atoms with van der Waals surface area (Å²) in [5, 5.41) is 0. The number of nitrogens with zero attached hydrogens (tertiary/aromatic N) is 1. The van der Waals surface area contributed by atoms with Crippen LogP contribution >= 0.6 is 0 Å². The van der Waals surface area contributed by atoms with Gasteiger partial charge in [0.1, 0.15) is 0 Å². The maximum Gasteiger partial charge on any atom is 0.0385 e. The lowest BCUT2D eigenvalue weighted by molar-refractivity contribution is 0.125. The van der Waals surface area contributed by atoms with Crippen molar-refractivity contribution in [3.8, 4) is 0 Å². The van der Waals surface area contributed by atoms with Crippen LogP contribution in [0.4, 0.5) is 0 Å². The molecule has 0 radical (unpaired) electrons. The first-order valence-corrected chi connectivity index (χ1v) is 7.31. The predicted octanol–water partition coefficient (Wildman–Crippen LogP) is 2.52. The third-order valence-electron chi connectivity index (χ3n) is 4.77. The maximum atomic E-state index is 5.98. The minimum absolute atomic E-state index is 0.537. The predicted molar refractivity (Wildman–Crippen MR) is 75.6 cm³/mol. The number of hydrogen-bond donors (Lipinski definition) is 1. The van der Waals surface area contributed by atoms with Crippen molar-refractivity contribution in [3.63, 3.8) is 0 Å². The Morgan fingerprint density at radius 1 is 1.22 bits per heavy atom. The monoisotopic (exact) mass is 244 g/mol. The van der Waals surface area contributed by atoms with Crippen molar-refractivity contribution >= 4 is 0 Å². The lowest BCUT2D eigenvalue weighted by Crippen LogP contribution is -2.39. The molecule has 2 N–H and O–H groups in total. The molecule has 2 heteroatoms. The summed E-state index contributed by atoms with van der Waals surface area (Å²) in [7, 11) is 2.25. The number of fused-ring (bicyclic) bond motifs is 1. The summed E-state index contributed by atoms with van der Waals surface area (Å²) in [6.07, 6.45) is 6.45. The molecule has 1 fully saturated rings. The molecule has 1 aliphatic carbocycles. The molecule has 1 saturated heterocycles. The third-order valence-corrected chi connectivity index (χ3v) is 4.77. The van der Waals surface area contributed by atoms with Gasteiger partial charge in [0.2, 0.25) is 0 Å².